The van der Waals surface area contributed by atoms with Crippen LogP contribution in [0, 0.1) is 6.92 Å². The van der Waals surface area contributed by atoms with Crippen LogP contribution in [0.4, 0.5) is 0 Å². The minimum absolute atomic E-state index is 0.0637. The zero-order chi connectivity index (χ0) is 19.8. The molecule has 3 aromatic rings. The predicted octanol–water partition coefficient (Wildman–Crippen LogP) is 3.25. The van der Waals surface area contributed by atoms with E-state index >= 15 is 0 Å². The molecule has 3 N–H and O–H groups in total. The van der Waals surface area contributed by atoms with Crippen molar-refractivity contribution >= 4 is 16.9 Å². The van der Waals surface area contributed by atoms with Gasteiger partial charge in [-0.05, 0) is 55.0 Å². The van der Waals surface area contributed by atoms with E-state index in [0.717, 1.165) is 24.8 Å². The van der Waals surface area contributed by atoms with Gasteiger partial charge in [0.25, 0.3) is 0 Å². The van der Waals surface area contributed by atoms with E-state index in [4.69, 9.17) is 4.42 Å². The summed E-state index contributed by atoms with van der Waals surface area (Å²) in [5.41, 5.74) is 2.42. The molecule has 144 valence electrons. The molecule has 0 spiro atoms. The first-order chi connectivity index (χ1) is 13.5. The van der Waals surface area contributed by atoms with Crippen molar-refractivity contribution in [2.45, 2.75) is 38.6 Å². The van der Waals surface area contributed by atoms with Crippen molar-refractivity contribution < 1.29 is 19.4 Å². The molecule has 0 fully saturated rings. The van der Waals surface area contributed by atoms with Gasteiger partial charge in [0.2, 0.25) is 11.7 Å². The number of carbonyl (C=O) groups excluding carboxylic acids is 1. The van der Waals surface area contributed by atoms with Gasteiger partial charge in [0.05, 0.1) is 18.0 Å². The molecule has 4 rings (SSSR count). The van der Waals surface area contributed by atoms with Crippen LogP contribution in [0.5, 0.6) is 11.5 Å². The molecule has 0 saturated heterocycles. The molecule has 1 aromatic heterocycles. The summed E-state index contributed by atoms with van der Waals surface area (Å²) in [5, 5.41) is 23.1. The van der Waals surface area contributed by atoms with Gasteiger partial charge in [0, 0.05) is 5.39 Å². The number of hydrogen-bond donors (Lipinski definition) is 3. The Morgan fingerprint density at radius 1 is 1.21 bits per heavy atom. The molecule has 1 unspecified atom stereocenters. The van der Waals surface area contributed by atoms with Gasteiger partial charge < -0.3 is 19.9 Å². The first-order valence-electron chi connectivity index (χ1n) is 9.30. The molecule has 0 bridgehead atoms. The molecule has 6 nitrogen and oxygen atoms in total. The van der Waals surface area contributed by atoms with E-state index in [1.165, 1.54) is 11.6 Å². The second-order valence-corrected chi connectivity index (χ2v) is 7.19. The fraction of sp³-hybridized carbons (Fsp3) is 0.273. The summed E-state index contributed by atoms with van der Waals surface area (Å²) in [4.78, 5) is 25.1. The summed E-state index contributed by atoms with van der Waals surface area (Å²) in [7, 11) is 0. The van der Waals surface area contributed by atoms with Crippen LogP contribution in [0.15, 0.2) is 45.6 Å². The number of phenolic OH excluding ortho intramolecular Hbond substituents is 2. The fourth-order valence-corrected chi connectivity index (χ4v) is 3.94. The summed E-state index contributed by atoms with van der Waals surface area (Å²) >= 11 is 0. The van der Waals surface area contributed by atoms with E-state index in [1.54, 1.807) is 13.0 Å². The van der Waals surface area contributed by atoms with Crippen LogP contribution < -0.4 is 10.9 Å². The minimum Gasteiger partial charge on any atom is -0.504 e. The number of benzene rings is 2. The molecule has 0 saturated carbocycles. The molecule has 1 atom stereocenters. The topological polar surface area (TPSA) is 99.8 Å². The Bertz CT molecular complexity index is 1130. The van der Waals surface area contributed by atoms with Crippen molar-refractivity contribution in [3.63, 3.8) is 0 Å². The van der Waals surface area contributed by atoms with Gasteiger partial charge in [-0.1, -0.05) is 24.3 Å². The van der Waals surface area contributed by atoms with Crippen LogP contribution >= 0.6 is 0 Å². The number of aryl methyl sites for hydroxylation is 2. The third kappa shape index (κ3) is 3.11. The SMILES string of the molecule is Cc1c(CC(=O)NC2CCCc3ccccc32)c(=O)oc2c(O)c(O)ccc12. The van der Waals surface area contributed by atoms with Gasteiger partial charge in [-0.2, -0.15) is 0 Å². The van der Waals surface area contributed by atoms with E-state index in [9.17, 15) is 19.8 Å². The second kappa shape index (κ2) is 7.03. The van der Waals surface area contributed by atoms with Crippen LogP contribution in [0.25, 0.3) is 11.0 Å². The highest BCUT2D eigenvalue weighted by atomic mass is 16.4. The van der Waals surface area contributed by atoms with Crippen molar-refractivity contribution in [1.82, 2.24) is 5.32 Å². The minimum atomic E-state index is -0.690. The Hall–Kier alpha value is -3.28. The molecule has 1 aliphatic carbocycles. The molecular weight excluding hydrogens is 358 g/mol. The van der Waals surface area contributed by atoms with Gasteiger partial charge in [-0.25, -0.2) is 4.79 Å². The quantitative estimate of drug-likeness (QED) is 0.479. The molecule has 0 radical (unpaired) electrons. The van der Waals surface area contributed by atoms with E-state index in [1.807, 2.05) is 18.2 Å². The Morgan fingerprint density at radius 2 is 2.00 bits per heavy atom. The lowest BCUT2D eigenvalue weighted by Crippen LogP contribution is -2.33. The smallest absolute Gasteiger partial charge is 0.340 e. The van der Waals surface area contributed by atoms with Gasteiger partial charge in [0.15, 0.2) is 11.3 Å². The molecule has 28 heavy (non-hydrogen) atoms. The van der Waals surface area contributed by atoms with Gasteiger partial charge in [-0.3, -0.25) is 4.79 Å². The van der Waals surface area contributed by atoms with Crippen molar-refractivity contribution in [2.24, 2.45) is 0 Å². The average Bonchev–Trinajstić information content (AvgIpc) is 2.69. The van der Waals surface area contributed by atoms with Gasteiger partial charge in [-0.15, -0.1) is 0 Å². The number of carbonyl (C=O) groups is 1. The van der Waals surface area contributed by atoms with E-state index in [2.05, 4.69) is 11.4 Å². The summed E-state index contributed by atoms with van der Waals surface area (Å²) in [5.74, 6) is -1.09. The van der Waals surface area contributed by atoms with Crippen LogP contribution in [0.2, 0.25) is 0 Å². The molecule has 2 aromatic carbocycles. The predicted molar refractivity (Wildman–Crippen MR) is 105 cm³/mol. The zero-order valence-corrected chi connectivity index (χ0v) is 15.5. The highest BCUT2D eigenvalue weighted by molar-refractivity contribution is 5.89. The lowest BCUT2D eigenvalue weighted by Gasteiger charge is -2.26. The van der Waals surface area contributed by atoms with E-state index in [-0.39, 0.29) is 35.3 Å². The molecule has 1 aliphatic rings. The van der Waals surface area contributed by atoms with Crippen LogP contribution in [0.3, 0.4) is 0 Å². The number of aromatic hydroxyl groups is 2. The van der Waals surface area contributed by atoms with Crippen LogP contribution in [-0.4, -0.2) is 16.1 Å². The largest absolute Gasteiger partial charge is 0.504 e. The molecular formula is C22H21NO5. The number of rotatable bonds is 3. The van der Waals surface area contributed by atoms with Crippen molar-refractivity contribution in [3.8, 4) is 11.5 Å². The molecule has 6 heteroatoms. The first kappa shape index (κ1) is 18.1. The third-order valence-corrected chi connectivity index (χ3v) is 5.45. The average molecular weight is 379 g/mol. The number of phenols is 2. The highest BCUT2D eigenvalue weighted by Gasteiger charge is 2.23. The summed E-state index contributed by atoms with van der Waals surface area (Å²) in [6.07, 6.45) is 2.76. The lowest BCUT2D eigenvalue weighted by molar-refractivity contribution is -0.121. The Kier molecular flexibility index (Phi) is 4.55. The Labute approximate surface area is 161 Å². The van der Waals surface area contributed by atoms with Gasteiger partial charge in [0.1, 0.15) is 0 Å². The molecule has 1 heterocycles. The third-order valence-electron chi connectivity index (χ3n) is 5.45. The summed E-state index contributed by atoms with van der Waals surface area (Å²) in [6, 6.07) is 10.9. The first-order valence-corrected chi connectivity index (χ1v) is 9.30. The zero-order valence-electron chi connectivity index (χ0n) is 15.5. The van der Waals surface area contributed by atoms with Crippen molar-refractivity contribution in [2.75, 3.05) is 0 Å². The highest BCUT2D eigenvalue weighted by Crippen LogP contribution is 2.35. The van der Waals surface area contributed by atoms with Crippen molar-refractivity contribution in [3.05, 3.63) is 69.1 Å². The van der Waals surface area contributed by atoms with Gasteiger partial charge >= 0.3 is 5.63 Å². The number of amides is 1. The van der Waals surface area contributed by atoms with Crippen LogP contribution in [0.1, 0.15) is 41.1 Å². The maximum atomic E-state index is 12.7. The Balaban J connectivity index is 1.61. The maximum Gasteiger partial charge on any atom is 0.340 e. The Morgan fingerprint density at radius 3 is 2.82 bits per heavy atom. The number of hydrogen-bond acceptors (Lipinski definition) is 5. The van der Waals surface area contributed by atoms with Crippen LogP contribution in [-0.2, 0) is 17.6 Å². The van der Waals surface area contributed by atoms with E-state index < -0.39 is 11.4 Å². The summed E-state index contributed by atoms with van der Waals surface area (Å²) < 4.78 is 5.19. The number of fused-ring (bicyclic) bond motifs is 2. The monoisotopic (exact) mass is 379 g/mol. The molecule has 0 aliphatic heterocycles. The standard InChI is InChI=1S/C22H21NO5/c1-12-14-9-10-18(24)20(26)21(14)28-22(27)16(12)11-19(25)23-17-8-4-6-13-5-2-3-7-15(13)17/h2-3,5,7,9-10,17,24,26H,4,6,8,11H2,1H3,(H,23,25). The maximum absolute atomic E-state index is 12.7. The molecule has 1 amide bonds. The lowest BCUT2D eigenvalue weighted by atomic mass is 9.87. The number of nitrogens with one attached hydrogen (secondary N) is 1. The normalized spacial score (nSPS) is 16.0. The van der Waals surface area contributed by atoms with Crippen molar-refractivity contribution in [1.29, 1.82) is 0 Å². The fourth-order valence-electron chi connectivity index (χ4n) is 3.94. The van der Waals surface area contributed by atoms with E-state index in [0.29, 0.717) is 10.9 Å². The second-order valence-electron chi connectivity index (χ2n) is 7.19. The summed E-state index contributed by atoms with van der Waals surface area (Å²) in [6.45, 7) is 1.70.